The molecule has 0 aliphatic heterocycles. The molecule has 0 saturated heterocycles. The monoisotopic (exact) mass is 182 g/mol. The fourth-order valence-electron chi connectivity index (χ4n) is 0.815. The molecule has 1 aromatic carbocycles. The first-order valence-electron chi connectivity index (χ1n) is 3.76. The molecule has 0 bridgehead atoms. The highest BCUT2D eigenvalue weighted by Crippen LogP contribution is 2.18. The summed E-state index contributed by atoms with van der Waals surface area (Å²) in [4.78, 5) is 0. The van der Waals surface area contributed by atoms with Crippen molar-refractivity contribution in [1.82, 2.24) is 0 Å². The van der Waals surface area contributed by atoms with Crippen LogP contribution in [0.4, 0.5) is 8.78 Å². The molecular weight excluding hydrogens is 174 g/mol. The van der Waals surface area contributed by atoms with Crippen molar-refractivity contribution in [3.05, 3.63) is 29.8 Å². The molecule has 0 fully saturated rings. The SMILES string of the molecule is C#CCCOc1cccc(F)c1F. The summed E-state index contributed by atoms with van der Waals surface area (Å²) in [5.41, 5.74) is 0. The van der Waals surface area contributed by atoms with E-state index in [0.29, 0.717) is 6.42 Å². The van der Waals surface area contributed by atoms with Gasteiger partial charge in [-0.1, -0.05) is 6.07 Å². The largest absolute Gasteiger partial charge is 0.489 e. The Morgan fingerprint density at radius 3 is 2.85 bits per heavy atom. The summed E-state index contributed by atoms with van der Waals surface area (Å²) in [5, 5.41) is 0. The highest BCUT2D eigenvalue weighted by molar-refractivity contribution is 5.25. The summed E-state index contributed by atoms with van der Waals surface area (Å²) in [7, 11) is 0. The molecule has 1 nitrogen and oxygen atoms in total. The van der Waals surface area contributed by atoms with Crippen LogP contribution >= 0.6 is 0 Å². The summed E-state index contributed by atoms with van der Waals surface area (Å²) in [6.45, 7) is 0.191. The first-order valence-corrected chi connectivity index (χ1v) is 3.76. The van der Waals surface area contributed by atoms with Crippen molar-refractivity contribution < 1.29 is 13.5 Å². The van der Waals surface area contributed by atoms with Gasteiger partial charge < -0.3 is 4.74 Å². The van der Waals surface area contributed by atoms with Gasteiger partial charge in [-0.05, 0) is 12.1 Å². The Kier molecular flexibility index (Phi) is 3.27. The van der Waals surface area contributed by atoms with E-state index in [0.717, 1.165) is 6.07 Å². The summed E-state index contributed by atoms with van der Waals surface area (Å²) in [6, 6.07) is 3.77. The van der Waals surface area contributed by atoms with Gasteiger partial charge in [0.15, 0.2) is 11.6 Å². The molecule has 0 unspecified atom stereocenters. The molecule has 68 valence electrons. The van der Waals surface area contributed by atoms with E-state index < -0.39 is 11.6 Å². The zero-order chi connectivity index (χ0) is 9.68. The smallest absolute Gasteiger partial charge is 0.200 e. The maximum atomic E-state index is 12.9. The molecule has 0 N–H and O–H groups in total. The lowest BCUT2D eigenvalue weighted by Crippen LogP contribution is -1.99. The third kappa shape index (κ3) is 2.45. The van der Waals surface area contributed by atoms with Crippen LogP contribution in [0.25, 0.3) is 0 Å². The molecule has 1 rings (SSSR count). The van der Waals surface area contributed by atoms with Crippen molar-refractivity contribution >= 4 is 0 Å². The van der Waals surface area contributed by atoms with Gasteiger partial charge in [-0.15, -0.1) is 12.3 Å². The quantitative estimate of drug-likeness (QED) is 0.515. The van der Waals surface area contributed by atoms with Gasteiger partial charge in [0.1, 0.15) is 0 Å². The zero-order valence-electron chi connectivity index (χ0n) is 6.89. The Morgan fingerprint density at radius 2 is 2.15 bits per heavy atom. The van der Waals surface area contributed by atoms with Gasteiger partial charge in [0.2, 0.25) is 5.82 Å². The summed E-state index contributed by atoms with van der Waals surface area (Å²) >= 11 is 0. The molecule has 13 heavy (non-hydrogen) atoms. The predicted molar refractivity (Wildman–Crippen MR) is 45.3 cm³/mol. The third-order valence-electron chi connectivity index (χ3n) is 1.42. The zero-order valence-corrected chi connectivity index (χ0v) is 6.89. The second-order valence-electron chi connectivity index (χ2n) is 2.35. The highest BCUT2D eigenvalue weighted by atomic mass is 19.2. The number of hydrogen-bond acceptors (Lipinski definition) is 1. The van der Waals surface area contributed by atoms with Gasteiger partial charge in [0.25, 0.3) is 0 Å². The molecule has 1 aromatic rings. The molecule has 0 spiro atoms. The third-order valence-corrected chi connectivity index (χ3v) is 1.42. The maximum absolute atomic E-state index is 12.9. The van der Waals surface area contributed by atoms with Crippen molar-refractivity contribution in [2.75, 3.05) is 6.61 Å². The van der Waals surface area contributed by atoms with Crippen LogP contribution in [-0.2, 0) is 0 Å². The molecule has 0 amide bonds. The first kappa shape index (κ1) is 9.53. The number of hydrogen-bond donors (Lipinski definition) is 0. The highest BCUT2D eigenvalue weighted by Gasteiger charge is 2.07. The fraction of sp³-hybridized carbons (Fsp3) is 0.200. The lowest BCUT2D eigenvalue weighted by Gasteiger charge is -2.04. The molecule has 0 aliphatic carbocycles. The van der Waals surface area contributed by atoms with Gasteiger partial charge in [-0.3, -0.25) is 0 Å². The van der Waals surface area contributed by atoms with Crippen LogP contribution in [0.15, 0.2) is 18.2 Å². The van der Waals surface area contributed by atoms with E-state index in [1.165, 1.54) is 12.1 Å². The van der Waals surface area contributed by atoms with E-state index >= 15 is 0 Å². The molecular formula is C10H8F2O. The summed E-state index contributed by atoms with van der Waals surface area (Å²) in [5.74, 6) is 0.338. The standard InChI is InChI=1S/C10H8F2O/c1-2-3-7-13-9-6-4-5-8(11)10(9)12/h1,4-6H,3,7H2. The van der Waals surface area contributed by atoms with Crippen LogP contribution < -0.4 is 4.74 Å². The van der Waals surface area contributed by atoms with Crippen LogP contribution in [-0.4, -0.2) is 6.61 Å². The van der Waals surface area contributed by atoms with Crippen LogP contribution in [0, 0.1) is 24.0 Å². The molecule has 0 saturated carbocycles. The lowest BCUT2D eigenvalue weighted by molar-refractivity contribution is 0.303. The van der Waals surface area contributed by atoms with Gasteiger partial charge >= 0.3 is 0 Å². The van der Waals surface area contributed by atoms with Gasteiger partial charge in [-0.2, -0.15) is 4.39 Å². The van der Waals surface area contributed by atoms with E-state index in [1.54, 1.807) is 0 Å². The van der Waals surface area contributed by atoms with Crippen molar-refractivity contribution in [3.63, 3.8) is 0 Å². The van der Waals surface area contributed by atoms with Crippen molar-refractivity contribution in [2.24, 2.45) is 0 Å². The minimum atomic E-state index is -0.973. The molecule has 3 heteroatoms. The van der Waals surface area contributed by atoms with E-state index in [9.17, 15) is 8.78 Å². The van der Waals surface area contributed by atoms with Crippen LogP contribution in [0.5, 0.6) is 5.75 Å². The fourth-order valence-corrected chi connectivity index (χ4v) is 0.815. The first-order chi connectivity index (χ1) is 6.25. The minimum absolute atomic E-state index is 0.102. The van der Waals surface area contributed by atoms with Crippen molar-refractivity contribution in [3.8, 4) is 18.1 Å². The number of halogens is 2. The van der Waals surface area contributed by atoms with E-state index in [2.05, 4.69) is 5.92 Å². The van der Waals surface area contributed by atoms with Crippen LogP contribution in [0.3, 0.4) is 0 Å². The second kappa shape index (κ2) is 4.46. The summed E-state index contributed by atoms with van der Waals surface area (Å²) < 4.78 is 30.4. The molecule has 0 aliphatic rings. The summed E-state index contributed by atoms with van der Waals surface area (Å²) in [6.07, 6.45) is 5.33. The van der Waals surface area contributed by atoms with E-state index in [1.807, 2.05) is 0 Å². The maximum Gasteiger partial charge on any atom is 0.200 e. The molecule has 0 heterocycles. The Labute approximate surface area is 75.3 Å². The van der Waals surface area contributed by atoms with E-state index in [-0.39, 0.29) is 12.4 Å². The number of rotatable bonds is 3. The van der Waals surface area contributed by atoms with Gasteiger partial charge in [-0.25, -0.2) is 4.39 Å². The molecule has 0 aromatic heterocycles. The average Bonchev–Trinajstić information content (AvgIpc) is 2.13. The van der Waals surface area contributed by atoms with Gasteiger partial charge in [0.05, 0.1) is 6.61 Å². The lowest BCUT2D eigenvalue weighted by atomic mass is 10.3. The van der Waals surface area contributed by atoms with Crippen LogP contribution in [0.1, 0.15) is 6.42 Å². The molecule has 0 radical (unpaired) electrons. The Morgan fingerprint density at radius 1 is 1.38 bits per heavy atom. The minimum Gasteiger partial charge on any atom is -0.489 e. The predicted octanol–water partition coefficient (Wildman–Crippen LogP) is 2.37. The Balaban J connectivity index is 2.67. The second-order valence-corrected chi connectivity index (χ2v) is 2.35. The van der Waals surface area contributed by atoms with E-state index in [4.69, 9.17) is 11.2 Å². The van der Waals surface area contributed by atoms with Crippen molar-refractivity contribution in [1.29, 1.82) is 0 Å². The molecule has 0 atom stereocenters. The number of ether oxygens (including phenoxy) is 1. The topological polar surface area (TPSA) is 9.23 Å². The number of terminal acetylenes is 1. The van der Waals surface area contributed by atoms with Crippen LogP contribution in [0.2, 0.25) is 0 Å². The van der Waals surface area contributed by atoms with Crippen molar-refractivity contribution in [2.45, 2.75) is 6.42 Å². The van der Waals surface area contributed by atoms with Gasteiger partial charge in [0, 0.05) is 6.42 Å². The normalized spacial score (nSPS) is 9.31. The Hall–Kier alpha value is -1.56. The number of benzene rings is 1. The average molecular weight is 182 g/mol. The Bertz CT molecular complexity index is 328.